The molecule has 0 aromatic heterocycles. The fourth-order valence-electron chi connectivity index (χ4n) is 10.6. The number of amides is 7. The third-order valence-corrected chi connectivity index (χ3v) is 15.0. The highest BCUT2D eigenvalue weighted by Crippen LogP contribution is 2.52. The number of fused-ring (bicyclic) bond motifs is 3. The number of primary amides is 1. The average Bonchev–Trinajstić information content (AvgIpc) is 1.70. The molecule has 0 spiro atoms. The third kappa shape index (κ3) is 14.0. The summed E-state index contributed by atoms with van der Waals surface area (Å²) in [5, 5.41) is 66.9. The van der Waals surface area contributed by atoms with E-state index in [-0.39, 0.29) is 109 Å². The van der Waals surface area contributed by atoms with Crippen LogP contribution in [0.15, 0.2) is 54.6 Å². The number of nitrogens with one attached hydrogen (secondary N) is 4. The molecular weight excluding hydrogens is 1070 g/mol. The minimum atomic E-state index is -2.42. The number of hydrogen-bond acceptors (Lipinski definition) is 19. The van der Waals surface area contributed by atoms with Crippen molar-refractivity contribution in [1.29, 1.82) is 0 Å². The number of methoxy groups -OCH3 is 1. The molecule has 2 aliphatic heterocycles. The number of aliphatic hydroxyl groups excluding tert-OH is 2. The lowest BCUT2D eigenvalue weighted by Crippen LogP contribution is -2.56. The minimum Gasteiger partial charge on any atom is -0.507 e. The number of nitrogens with zero attached hydrogens (tertiary/aromatic N) is 1. The number of benzene rings is 3. The van der Waals surface area contributed by atoms with Crippen LogP contribution in [0.3, 0.4) is 0 Å². The molecule has 82 heavy (non-hydrogen) atoms. The van der Waals surface area contributed by atoms with Gasteiger partial charge in [0.1, 0.15) is 42.2 Å². The molecule has 11 N–H and O–H groups in total. The SMILES string of the molecule is COc1cccc2c1C(=O)c1c(O)c3c(c(O)c1C2=O)C[C@@](O)(C(=O)CO)C[C@@H]3O[C@H]1C[C@H](NC(=O)OCc2ccc(NC(=O)[C@H](CCCNC(N)=O)CC(=O)[C@@H](NC(=O)CCCCCN3C(=O)C=CC3=O)C(C)C)cc2)[C@H](O)[C@H](C)O1. The molecule has 0 saturated carbocycles. The second-order valence-corrected chi connectivity index (χ2v) is 21.1. The van der Waals surface area contributed by atoms with Crippen LogP contribution in [0, 0.1) is 11.8 Å². The molecule has 3 aromatic rings. The monoisotopic (exact) mass is 1140 g/mol. The highest BCUT2D eigenvalue weighted by molar-refractivity contribution is 6.31. The Morgan fingerprint density at radius 2 is 1.60 bits per heavy atom. The second-order valence-electron chi connectivity index (χ2n) is 21.1. The molecular formula is C57H68N6O19. The summed E-state index contributed by atoms with van der Waals surface area (Å²) < 4.78 is 23.0. The Labute approximate surface area is 470 Å². The second kappa shape index (κ2) is 26.7. The minimum absolute atomic E-state index is 0.0210. The molecule has 1 saturated heterocycles. The van der Waals surface area contributed by atoms with Crippen LogP contribution >= 0.6 is 0 Å². The number of anilines is 1. The Morgan fingerprint density at radius 1 is 0.902 bits per heavy atom. The van der Waals surface area contributed by atoms with Gasteiger partial charge < -0.3 is 71.5 Å². The quantitative estimate of drug-likeness (QED) is 0.0259. The Balaban J connectivity index is 0.959. The number of ketones is 4. The first kappa shape index (κ1) is 61.5. The number of urea groups is 1. The Bertz CT molecular complexity index is 3020. The van der Waals surface area contributed by atoms with Gasteiger partial charge in [0.15, 0.2) is 23.6 Å². The van der Waals surface area contributed by atoms with E-state index >= 15 is 0 Å². The van der Waals surface area contributed by atoms with Crippen molar-refractivity contribution < 1.29 is 92.4 Å². The lowest BCUT2D eigenvalue weighted by molar-refractivity contribution is -0.249. The summed E-state index contributed by atoms with van der Waals surface area (Å²) in [6, 6.07) is 7.66. The number of nitrogens with two attached hydrogens (primary N) is 1. The fraction of sp³-hybridized carbons (Fsp3) is 0.474. The predicted octanol–water partition coefficient (Wildman–Crippen LogP) is 2.56. The van der Waals surface area contributed by atoms with E-state index in [1.807, 2.05) is 0 Å². The molecule has 2 aliphatic carbocycles. The van der Waals surface area contributed by atoms with E-state index < -0.39 is 126 Å². The van der Waals surface area contributed by atoms with Crippen LogP contribution in [0.2, 0.25) is 0 Å². The van der Waals surface area contributed by atoms with Crippen molar-refractivity contribution in [3.05, 3.63) is 93.6 Å². The van der Waals surface area contributed by atoms with Gasteiger partial charge in [0.25, 0.3) is 11.8 Å². The number of Topliss-reactive ketones (excluding diaryl/α,β-unsaturated/α-hetero) is 2. The van der Waals surface area contributed by atoms with Crippen LogP contribution in [-0.4, -0.2) is 152 Å². The standard InChI is InChI=1S/C57H68N6O19/c1-28(2)48(62-40(67)13-6-5-7-21-63-41(68)18-19-42(63)69)36(65)22-31(10-9-20-59-55(58)76)54(75)60-32-16-14-30(15-17-32)27-80-56(77)61-35-23-43(81-29(3)49(35)70)82-38-25-57(78,39(66)26-64)24-34-45(38)53(74)47-46(51(34)72)50(71)33-11-8-12-37(79-4)44(33)52(47)73/h8,11-12,14-19,28-29,31,35,38,43,48-49,64,70,72,74,78H,5-7,9-10,13,20-27H2,1-4H3,(H,60,75)(H,61,77)(H,62,67)(H3,58,59,76)/t29-,31+,35-,38-,43-,48-,49+,57-/m0/s1. The molecule has 8 atom stereocenters. The van der Waals surface area contributed by atoms with Crippen LogP contribution in [0.1, 0.15) is 133 Å². The molecule has 4 aliphatic rings. The van der Waals surface area contributed by atoms with Crippen molar-refractivity contribution in [3.8, 4) is 17.2 Å². The van der Waals surface area contributed by atoms with E-state index in [0.29, 0.717) is 30.5 Å². The number of hydrogen-bond donors (Lipinski definition) is 10. The molecule has 0 radical (unpaired) electrons. The summed E-state index contributed by atoms with van der Waals surface area (Å²) >= 11 is 0. The van der Waals surface area contributed by atoms with Gasteiger partial charge in [-0.3, -0.25) is 43.3 Å². The number of imide groups is 1. The maximum Gasteiger partial charge on any atom is 0.407 e. The summed E-state index contributed by atoms with van der Waals surface area (Å²) in [7, 11) is 1.28. The Morgan fingerprint density at radius 3 is 2.26 bits per heavy atom. The zero-order valence-electron chi connectivity index (χ0n) is 45.7. The summed E-state index contributed by atoms with van der Waals surface area (Å²) in [6.45, 7) is 3.93. The van der Waals surface area contributed by atoms with Gasteiger partial charge in [-0.05, 0) is 62.3 Å². The maximum atomic E-state index is 14.1. The summed E-state index contributed by atoms with van der Waals surface area (Å²) in [4.78, 5) is 131. The Kier molecular flexibility index (Phi) is 20.0. The van der Waals surface area contributed by atoms with Gasteiger partial charge in [0, 0.05) is 85.6 Å². The van der Waals surface area contributed by atoms with Crippen molar-refractivity contribution in [3.63, 3.8) is 0 Å². The van der Waals surface area contributed by atoms with Gasteiger partial charge in [0.05, 0.1) is 48.1 Å². The average molecular weight is 1140 g/mol. The summed E-state index contributed by atoms with van der Waals surface area (Å²) in [5.74, 6) is -7.62. The van der Waals surface area contributed by atoms with Gasteiger partial charge in [-0.1, -0.05) is 44.5 Å². The normalized spacial score (nSPS) is 21.7. The number of aromatic hydroxyl groups is 2. The lowest BCUT2D eigenvalue weighted by atomic mass is 9.72. The molecule has 7 rings (SSSR count). The zero-order chi connectivity index (χ0) is 59.7. The van der Waals surface area contributed by atoms with E-state index in [1.165, 1.54) is 56.5 Å². The van der Waals surface area contributed by atoms with Crippen LogP contribution in [-0.2, 0) is 56.0 Å². The number of phenols is 2. The molecule has 7 amide bonds. The van der Waals surface area contributed by atoms with E-state index in [0.717, 1.165) is 4.90 Å². The van der Waals surface area contributed by atoms with Gasteiger partial charge >= 0.3 is 12.1 Å². The maximum absolute atomic E-state index is 14.1. The van der Waals surface area contributed by atoms with Crippen LogP contribution in [0.25, 0.3) is 0 Å². The van der Waals surface area contributed by atoms with Crippen LogP contribution < -0.4 is 31.7 Å². The zero-order valence-corrected chi connectivity index (χ0v) is 45.7. The third-order valence-electron chi connectivity index (χ3n) is 15.0. The number of phenolic OH excluding ortho intramolecular Hbond substituents is 2. The summed E-state index contributed by atoms with van der Waals surface area (Å²) in [5.41, 5.74) is 1.59. The van der Waals surface area contributed by atoms with Crippen LogP contribution in [0.5, 0.6) is 17.2 Å². The van der Waals surface area contributed by atoms with E-state index in [1.54, 1.807) is 26.0 Å². The summed E-state index contributed by atoms with van der Waals surface area (Å²) in [6.07, 6.45) is -3.69. The number of carbonyl (C=O) groups excluding carboxylic acids is 10. The number of alkyl carbamates (subject to hydrolysis) is 1. The molecule has 0 unspecified atom stereocenters. The molecule has 1 fully saturated rings. The molecule has 3 aromatic carbocycles. The molecule has 25 heteroatoms. The van der Waals surface area contributed by atoms with Crippen molar-refractivity contribution in [2.45, 2.75) is 134 Å². The van der Waals surface area contributed by atoms with E-state index in [9.17, 15) is 73.5 Å². The van der Waals surface area contributed by atoms with E-state index in [4.69, 9.17) is 24.7 Å². The highest BCUT2D eigenvalue weighted by Gasteiger charge is 2.50. The number of aliphatic hydroxyl groups is 3. The smallest absolute Gasteiger partial charge is 0.407 e. The Hall–Kier alpha value is -8.10. The van der Waals surface area contributed by atoms with E-state index in [2.05, 4.69) is 21.3 Å². The largest absolute Gasteiger partial charge is 0.507 e. The fourth-order valence-corrected chi connectivity index (χ4v) is 10.6. The number of rotatable bonds is 25. The molecule has 0 bridgehead atoms. The van der Waals surface area contributed by atoms with Crippen LogP contribution in [0.4, 0.5) is 15.3 Å². The number of unbranched alkanes of at least 4 members (excludes halogenated alkanes) is 2. The first-order valence-corrected chi connectivity index (χ1v) is 26.9. The van der Waals surface area contributed by atoms with Crippen molar-refractivity contribution >= 4 is 64.6 Å². The van der Waals surface area contributed by atoms with Gasteiger partial charge in [-0.2, -0.15) is 0 Å². The number of carbonyl (C=O) groups is 10. The molecule has 440 valence electrons. The lowest BCUT2D eigenvalue weighted by Gasteiger charge is -2.42. The van der Waals surface area contributed by atoms with Gasteiger partial charge in [-0.25, -0.2) is 9.59 Å². The number of ether oxygens (including phenoxy) is 4. The van der Waals surface area contributed by atoms with Gasteiger partial charge in [-0.15, -0.1) is 0 Å². The van der Waals surface area contributed by atoms with Gasteiger partial charge in [0.2, 0.25) is 17.6 Å². The first-order chi connectivity index (χ1) is 39.0. The van der Waals surface area contributed by atoms with Crippen molar-refractivity contribution in [2.24, 2.45) is 17.6 Å². The molecule has 25 nitrogen and oxygen atoms in total. The predicted molar refractivity (Wildman–Crippen MR) is 287 cm³/mol. The van der Waals surface area contributed by atoms with Crippen molar-refractivity contribution in [2.75, 3.05) is 32.1 Å². The topological polar surface area (TPSA) is 386 Å². The molecule has 2 heterocycles. The highest BCUT2D eigenvalue weighted by atomic mass is 16.7. The van der Waals surface area contributed by atoms with Crippen molar-refractivity contribution in [1.82, 2.24) is 20.9 Å². The first-order valence-electron chi connectivity index (χ1n) is 26.9.